The molecule has 50 valence electrons. The molecular formula is C5H2ClN3O. The molecule has 0 fully saturated rings. The lowest BCUT2D eigenvalue weighted by Gasteiger charge is -1.91. The average molecular weight is 156 g/mol. The molecule has 0 aliphatic heterocycles. The van der Waals surface area contributed by atoms with Crippen LogP contribution in [0.2, 0.25) is 5.15 Å². The van der Waals surface area contributed by atoms with Crippen LogP contribution in [0.3, 0.4) is 0 Å². The number of hydrogen-bond donors (Lipinski definition) is 1. The number of aromatic nitrogens is 2. The highest BCUT2D eigenvalue weighted by Crippen LogP contribution is 2.11. The summed E-state index contributed by atoms with van der Waals surface area (Å²) in [4.78, 5) is 6.87. The summed E-state index contributed by atoms with van der Waals surface area (Å²) in [6.45, 7) is 0. The van der Waals surface area contributed by atoms with Gasteiger partial charge in [-0.25, -0.2) is 9.97 Å². The van der Waals surface area contributed by atoms with Gasteiger partial charge in [-0.1, -0.05) is 11.6 Å². The maximum atomic E-state index is 8.78. The summed E-state index contributed by atoms with van der Waals surface area (Å²) in [5, 5.41) is 17.1. The molecule has 0 aliphatic rings. The van der Waals surface area contributed by atoms with Gasteiger partial charge in [0.1, 0.15) is 11.2 Å². The zero-order valence-electron chi connectivity index (χ0n) is 4.74. The van der Waals surface area contributed by atoms with Gasteiger partial charge in [0.25, 0.3) is 0 Å². The highest BCUT2D eigenvalue weighted by atomic mass is 35.5. The summed E-state index contributed by atoms with van der Waals surface area (Å²) < 4.78 is 0. The lowest BCUT2D eigenvalue weighted by Crippen LogP contribution is -1.86. The summed E-state index contributed by atoms with van der Waals surface area (Å²) in [7, 11) is 0. The van der Waals surface area contributed by atoms with Crippen molar-refractivity contribution in [1.29, 1.82) is 5.26 Å². The molecule has 0 bridgehead atoms. The van der Waals surface area contributed by atoms with Gasteiger partial charge in [0, 0.05) is 0 Å². The SMILES string of the molecule is N#Cc1nc(Cl)cnc1O. The maximum absolute atomic E-state index is 8.78. The van der Waals surface area contributed by atoms with Crippen molar-refractivity contribution < 1.29 is 5.11 Å². The molecule has 0 amide bonds. The highest BCUT2D eigenvalue weighted by Gasteiger charge is 2.02. The predicted molar refractivity (Wildman–Crippen MR) is 33.4 cm³/mol. The molecule has 0 aliphatic carbocycles. The van der Waals surface area contributed by atoms with Crippen molar-refractivity contribution in [3.05, 3.63) is 17.0 Å². The number of nitriles is 1. The van der Waals surface area contributed by atoms with Gasteiger partial charge in [-0.05, 0) is 0 Å². The van der Waals surface area contributed by atoms with E-state index in [2.05, 4.69) is 9.97 Å². The first-order valence-corrected chi connectivity index (χ1v) is 2.73. The number of nitrogens with zero attached hydrogens (tertiary/aromatic N) is 3. The molecule has 0 atom stereocenters. The molecule has 0 unspecified atom stereocenters. The second kappa shape index (κ2) is 2.50. The Morgan fingerprint density at radius 1 is 1.70 bits per heavy atom. The van der Waals surface area contributed by atoms with E-state index in [-0.39, 0.29) is 10.8 Å². The first-order chi connectivity index (χ1) is 4.74. The number of hydrogen-bond acceptors (Lipinski definition) is 4. The predicted octanol–water partition coefficient (Wildman–Crippen LogP) is 0.707. The summed E-state index contributed by atoms with van der Waals surface area (Å²) in [6, 6.07) is 1.63. The van der Waals surface area contributed by atoms with Gasteiger partial charge in [-0.2, -0.15) is 5.26 Å². The molecule has 10 heavy (non-hydrogen) atoms. The molecule has 1 aromatic heterocycles. The molecule has 1 N–H and O–H groups in total. The van der Waals surface area contributed by atoms with Gasteiger partial charge in [0.2, 0.25) is 11.6 Å². The van der Waals surface area contributed by atoms with Crippen LogP contribution in [0.5, 0.6) is 5.88 Å². The van der Waals surface area contributed by atoms with E-state index >= 15 is 0 Å². The van der Waals surface area contributed by atoms with Crippen LogP contribution in [0, 0.1) is 11.3 Å². The zero-order valence-corrected chi connectivity index (χ0v) is 5.50. The van der Waals surface area contributed by atoms with Crippen LogP contribution < -0.4 is 0 Å². The largest absolute Gasteiger partial charge is 0.491 e. The minimum absolute atomic E-state index is 0.0920. The molecule has 1 heterocycles. The molecule has 5 heteroatoms. The van der Waals surface area contributed by atoms with E-state index in [1.54, 1.807) is 6.07 Å². The standard InChI is InChI=1S/C5H2ClN3O/c6-4-2-8-5(10)3(1-7)9-4/h2H,(H,8,10). The topological polar surface area (TPSA) is 69.8 Å². The summed E-state index contributed by atoms with van der Waals surface area (Å²) >= 11 is 5.36. The van der Waals surface area contributed by atoms with Crippen molar-refractivity contribution in [2.75, 3.05) is 0 Å². The van der Waals surface area contributed by atoms with Crippen molar-refractivity contribution in [1.82, 2.24) is 9.97 Å². The Hall–Kier alpha value is -1.34. The van der Waals surface area contributed by atoms with Gasteiger partial charge in [0.05, 0.1) is 6.20 Å². The lowest BCUT2D eigenvalue weighted by atomic mass is 10.5. The van der Waals surface area contributed by atoms with Crippen LogP contribution in [0.15, 0.2) is 6.20 Å². The first kappa shape index (κ1) is 6.78. The van der Waals surface area contributed by atoms with Gasteiger partial charge >= 0.3 is 0 Å². The van der Waals surface area contributed by atoms with Crippen LogP contribution in [0.4, 0.5) is 0 Å². The lowest BCUT2D eigenvalue weighted by molar-refractivity contribution is 0.448. The zero-order chi connectivity index (χ0) is 7.56. The monoisotopic (exact) mass is 155 g/mol. The van der Waals surface area contributed by atoms with Crippen molar-refractivity contribution in [3.63, 3.8) is 0 Å². The third kappa shape index (κ3) is 1.14. The Labute approximate surface area is 61.7 Å². The van der Waals surface area contributed by atoms with Crippen LogP contribution in [-0.4, -0.2) is 15.1 Å². The van der Waals surface area contributed by atoms with E-state index in [1.807, 2.05) is 0 Å². The number of rotatable bonds is 0. The molecule has 1 aromatic rings. The van der Waals surface area contributed by atoms with Crippen LogP contribution in [-0.2, 0) is 0 Å². The maximum Gasteiger partial charge on any atom is 0.248 e. The van der Waals surface area contributed by atoms with Crippen LogP contribution in [0.25, 0.3) is 0 Å². The fourth-order valence-corrected chi connectivity index (χ4v) is 0.570. The summed E-state index contributed by atoms with van der Waals surface area (Å²) in [6.07, 6.45) is 1.16. The third-order valence-electron chi connectivity index (χ3n) is 0.830. The molecule has 0 saturated carbocycles. The number of aromatic hydroxyl groups is 1. The minimum atomic E-state index is -0.396. The van der Waals surface area contributed by atoms with Gasteiger partial charge in [0.15, 0.2) is 0 Å². The molecule has 0 aromatic carbocycles. The quantitative estimate of drug-likeness (QED) is 0.599. The van der Waals surface area contributed by atoms with Crippen molar-refractivity contribution >= 4 is 11.6 Å². The number of halogens is 1. The highest BCUT2D eigenvalue weighted by molar-refractivity contribution is 6.29. The van der Waals surface area contributed by atoms with E-state index in [4.69, 9.17) is 22.0 Å². The van der Waals surface area contributed by atoms with E-state index in [0.29, 0.717) is 0 Å². The van der Waals surface area contributed by atoms with Crippen molar-refractivity contribution in [3.8, 4) is 11.9 Å². The molecule has 0 radical (unpaired) electrons. The Kier molecular flexibility index (Phi) is 1.69. The van der Waals surface area contributed by atoms with E-state index in [1.165, 1.54) is 0 Å². The fourth-order valence-electron chi connectivity index (χ4n) is 0.436. The molecule has 0 spiro atoms. The molecule has 1 rings (SSSR count). The molecule has 0 saturated heterocycles. The average Bonchev–Trinajstić information content (AvgIpc) is 1.94. The summed E-state index contributed by atoms with van der Waals surface area (Å²) in [5.41, 5.74) is -0.160. The molecular weight excluding hydrogens is 154 g/mol. The van der Waals surface area contributed by atoms with E-state index < -0.39 is 5.88 Å². The van der Waals surface area contributed by atoms with E-state index in [0.717, 1.165) is 6.20 Å². The summed E-state index contributed by atoms with van der Waals surface area (Å²) in [5.74, 6) is -0.396. The van der Waals surface area contributed by atoms with Gasteiger partial charge in [-0.15, -0.1) is 0 Å². The second-order valence-corrected chi connectivity index (χ2v) is 1.86. The second-order valence-electron chi connectivity index (χ2n) is 1.48. The fraction of sp³-hybridized carbons (Fsp3) is 0. The smallest absolute Gasteiger partial charge is 0.248 e. The Balaban J connectivity index is 3.25. The Morgan fingerprint density at radius 3 is 2.90 bits per heavy atom. The first-order valence-electron chi connectivity index (χ1n) is 2.35. The normalized spacial score (nSPS) is 8.80. The van der Waals surface area contributed by atoms with E-state index in [9.17, 15) is 0 Å². The van der Waals surface area contributed by atoms with Crippen molar-refractivity contribution in [2.45, 2.75) is 0 Å². The van der Waals surface area contributed by atoms with Crippen LogP contribution in [0.1, 0.15) is 5.69 Å². The van der Waals surface area contributed by atoms with Crippen molar-refractivity contribution in [2.24, 2.45) is 0 Å². The minimum Gasteiger partial charge on any atom is -0.491 e. The molecule has 4 nitrogen and oxygen atoms in total. The van der Waals surface area contributed by atoms with Crippen LogP contribution >= 0.6 is 11.6 Å². The Morgan fingerprint density at radius 2 is 2.40 bits per heavy atom. The third-order valence-corrected chi connectivity index (χ3v) is 1.01. The van der Waals surface area contributed by atoms with Gasteiger partial charge < -0.3 is 5.11 Å². The Bertz CT molecular complexity index is 293. The van der Waals surface area contributed by atoms with Gasteiger partial charge in [-0.3, -0.25) is 0 Å².